The maximum absolute atomic E-state index is 5.78. The van der Waals surface area contributed by atoms with Crippen molar-refractivity contribution < 1.29 is 0 Å². The molecule has 2 aromatic rings. The maximum Gasteiger partial charge on any atom is 0.0380 e. The van der Waals surface area contributed by atoms with Gasteiger partial charge in [-0.1, -0.05) is 40.2 Å². The topological polar surface area (TPSA) is 29.3 Å². The first-order valence-corrected chi connectivity index (χ1v) is 7.87. The van der Waals surface area contributed by atoms with Crippen LogP contribution in [0.5, 0.6) is 0 Å². The molecule has 2 N–H and O–H groups in total. The summed E-state index contributed by atoms with van der Waals surface area (Å²) < 4.78 is 1.11. The van der Waals surface area contributed by atoms with Gasteiger partial charge in [-0.05, 0) is 47.7 Å². The van der Waals surface area contributed by atoms with Crippen LogP contribution in [0.25, 0.3) is 0 Å². The molecule has 2 nitrogen and oxygen atoms in total. The predicted molar refractivity (Wildman–Crippen MR) is 88.1 cm³/mol. The van der Waals surface area contributed by atoms with Gasteiger partial charge < -0.3 is 10.6 Å². The Morgan fingerprint density at radius 1 is 1.00 bits per heavy atom. The summed E-state index contributed by atoms with van der Waals surface area (Å²) in [6.07, 6.45) is 2.22. The zero-order valence-corrected chi connectivity index (χ0v) is 13.1. The minimum Gasteiger partial charge on any atom is -0.371 e. The first-order valence-electron chi connectivity index (χ1n) is 7.07. The smallest absolute Gasteiger partial charge is 0.0380 e. The monoisotopic (exact) mass is 330 g/mol. The van der Waals surface area contributed by atoms with E-state index in [0.29, 0.717) is 6.54 Å². The fourth-order valence-corrected chi connectivity index (χ4v) is 3.39. The van der Waals surface area contributed by atoms with Gasteiger partial charge in [0.25, 0.3) is 0 Å². The first-order chi connectivity index (χ1) is 9.76. The number of fused-ring (bicyclic) bond motifs is 1. The van der Waals surface area contributed by atoms with Crippen LogP contribution in [0.3, 0.4) is 0 Å². The van der Waals surface area contributed by atoms with Crippen molar-refractivity contribution in [2.24, 2.45) is 5.73 Å². The van der Waals surface area contributed by atoms with Gasteiger partial charge in [0.15, 0.2) is 0 Å². The van der Waals surface area contributed by atoms with Crippen LogP contribution >= 0.6 is 15.9 Å². The van der Waals surface area contributed by atoms with Gasteiger partial charge in [-0.2, -0.15) is 0 Å². The average Bonchev–Trinajstić information content (AvgIpc) is 2.69. The number of hydrogen-bond donors (Lipinski definition) is 1. The quantitative estimate of drug-likeness (QED) is 0.912. The summed E-state index contributed by atoms with van der Waals surface area (Å²) >= 11 is 3.59. The zero-order chi connectivity index (χ0) is 13.9. The number of rotatable bonds is 2. The van der Waals surface area contributed by atoms with E-state index in [9.17, 15) is 0 Å². The fourth-order valence-electron chi connectivity index (χ4n) is 2.86. The Morgan fingerprint density at radius 3 is 2.25 bits per heavy atom. The summed E-state index contributed by atoms with van der Waals surface area (Å²) in [6, 6.07) is 15.3. The van der Waals surface area contributed by atoms with Gasteiger partial charge in [0.2, 0.25) is 0 Å². The van der Waals surface area contributed by atoms with Crippen LogP contribution in [-0.2, 0) is 19.4 Å². The van der Waals surface area contributed by atoms with Gasteiger partial charge in [0.05, 0.1) is 0 Å². The van der Waals surface area contributed by atoms with Crippen molar-refractivity contribution in [3.05, 3.63) is 63.6 Å². The van der Waals surface area contributed by atoms with E-state index in [1.54, 1.807) is 0 Å². The molecular weight excluding hydrogens is 312 g/mol. The van der Waals surface area contributed by atoms with Crippen LogP contribution in [0.4, 0.5) is 5.69 Å². The molecule has 0 amide bonds. The second-order valence-electron chi connectivity index (χ2n) is 5.28. The molecule has 0 atom stereocenters. The lowest BCUT2D eigenvalue weighted by atomic mass is 10.0. The molecule has 0 fully saturated rings. The van der Waals surface area contributed by atoms with E-state index in [2.05, 4.69) is 63.3 Å². The zero-order valence-electron chi connectivity index (χ0n) is 11.5. The number of nitrogens with zero attached hydrogens (tertiary/aromatic N) is 1. The molecule has 20 heavy (non-hydrogen) atoms. The van der Waals surface area contributed by atoms with Crippen LogP contribution < -0.4 is 10.6 Å². The Hall–Kier alpha value is -1.32. The van der Waals surface area contributed by atoms with E-state index in [1.165, 1.54) is 22.4 Å². The van der Waals surface area contributed by atoms with Gasteiger partial charge in [0, 0.05) is 29.8 Å². The van der Waals surface area contributed by atoms with E-state index in [-0.39, 0.29) is 0 Å². The first kappa shape index (κ1) is 13.7. The van der Waals surface area contributed by atoms with E-state index in [4.69, 9.17) is 5.73 Å². The number of halogens is 1. The highest BCUT2D eigenvalue weighted by atomic mass is 79.9. The maximum atomic E-state index is 5.78. The SMILES string of the molecule is NCc1cc(Br)cc(N2CCc3ccccc3CC2)c1. The third kappa shape index (κ3) is 2.89. The lowest BCUT2D eigenvalue weighted by molar-refractivity contribution is 0.804. The minimum atomic E-state index is 0.584. The standard InChI is InChI=1S/C17H19BrN2/c18-16-9-13(12-19)10-17(11-16)20-7-5-14-3-1-2-4-15(14)6-8-20/h1-4,9-11H,5-8,12,19H2. The highest BCUT2D eigenvalue weighted by Gasteiger charge is 2.14. The van der Waals surface area contributed by atoms with E-state index in [0.717, 1.165) is 30.4 Å². The molecule has 1 aliphatic rings. The molecule has 1 heterocycles. The lowest BCUT2D eigenvalue weighted by Crippen LogP contribution is -2.26. The van der Waals surface area contributed by atoms with Crippen molar-refractivity contribution in [3.8, 4) is 0 Å². The van der Waals surface area contributed by atoms with Crippen LogP contribution in [0, 0.1) is 0 Å². The fraction of sp³-hybridized carbons (Fsp3) is 0.294. The molecule has 0 saturated carbocycles. The van der Waals surface area contributed by atoms with E-state index >= 15 is 0 Å². The van der Waals surface area contributed by atoms with Gasteiger partial charge in [-0.25, -0.2) is 0 Å². The average molecular weight is 331 g/mol. The summed E-state index contributed by atoms with van der Waals surface area (Å²) in [5.74, 6) is 0. The number of nitrogens with two attached hydrogens (primary N) is 1. The lowest BCUT2D eigenvalue weighted by Gasteiger charge is -2.23. The third-order valence-corrected chi connectivity index (χ3v) is 4.42. The molecule has 0 bridgehead atoms. The second kappa shape index (κ2) is 5.98. The number of hydrogen-bond acceptors (Lipinski definition) is 2. The molecule has 104 valence electrons. The Labute approximate surface area is 128 Å². The molecule has 3 rings (SSSR count). The van der Waals surface area contributed by atoms with Crippen molar-refractivity contribution in [2.45, 2.75) is 19.4 Å². The van der Waals surface area contributed by atoms with Crippen molar-refractivity contribution in [2.75, 3.05) is 18.0 Å². The summed E-state index contributed by atoms with van der Waals surface area (Å²) in [5, 5.41) is 0. The van der Waals surface area contributed by atoms with Crippen molar-refractivity contribution in [1.82, 2.24) is 0 Å². The molecular formula is C17H19BrN2. The van der Waals surface area contributed by atoms with Gasteiger partial charge in [0.1, 0.15) is 0 Å². The Kier molecular flexibility index (Phi) is 4.08. The minimum absolute atomic E-state index is 0.584. The molecule has 3 heteroatoms. The van der Waals surface area contributed by atoms with Gasteiger partial charge in [-0.3, -0.25) is 0 Å². The molecule has 0 spiro atoms. The summed E-state index contributed by atoms with van der Waals surface area (Å²) in [7, 11) is 0. The number of benzene rings is 2. The number of anilines is 1. The molecule has 0 unspecified atom stereocenters. The van der Waals surface area contributed by atoms with E-state index < -0.39 is 0 Å². The molecule has 2 aromatic carbocycles. The normalized spacial score (nSPS) is 14.8. The van der Waals surface area contributed by atoms with E-state index in [1.807, 2.05) is 0 Å². The van der Waals surface area contributed by atoms with Crippen LogP contribution in [0.1, 0.15) is 16.7 Å². The Balaban J connectivity index is 1.85. The largest absolute Gasteiger partial charge is 0.371 e. The summed E-state index contributed by atoms with van der Waals surface area (Å²) in [5.41, 5.74) is 11.2. The highest BCUT2D eigenvalue weighted by molar-refractivity contribution is 9.10. The Bertz CT molecular complexity index is 583. The Morgan fingerprint density at radius 2 is 1.65 bits per heavy atom. The molecule has 0 radical (unpaired) electrons. The van der Waals surface area contributed by atoms with Crippen molar-refractivity contribution >= 4 is 21.6 Å². The van der Waals surface area contributed by atoms with Crippen molar-refractivity contribution in [3.63, 3.8) is 0 Å². The van der Waals surface area contributed by atoms with Crippen LogP contribution in [0.15, 0.2) is 46.9 Å². The molecule has 0 aliphatic carbocycles. The molecule has 1 aliphatic heterocycles. The predicted octanol–water partition coefficient (Wildman–Crippen LogP) is 3.51. The summed E-state index contributed by atoms with van der Waals surface area (Å²) in [6.45, 7) is 2.72. The highest BCUT2D eigenvalue weighted by Crippen LogP contribution is 2.25. The molecule has 0 saturated heterocycles. The van der Waals surface area contributed by atoms with Crippen LogP contribution in [0.2, 0.25) is 0 Å². The van der Waals surface area contributed by atoms with Crippen molar-refractivity contribution in [1.29, 1.82) is 0 Å². The summed E-state index contributed by atoms with van der Waals surface area (Å²) in [4.78, 5) is 2.46. The van der Waals surface area contributed by atoms with Crippen LogP contribution in [-0.4, -0.2) is 13.1 Å². The molecule has 0 aromatic heterocycles. The second-order valence-corrected chi connectivity index (χ2v) is 6.19. The third-order valence-electron chi connectivity index (χ3n) is 3.96. The van der Waals surface area contributed by atoms with Gasteiger partial charge in [-0.15, -0.1) is 0 Å². The van der Waals surface area contributed by atoms with Gasteiger partial charge >= 0.3 is 0 Å².